The first-order chi connectivity index (χ1) is 16.6. The van der Waals surface area contributed by atoms with Crippen molar-refractivity contribution >= 4 is 10.0 Å². The standard InChI is InChI=1S/C27H31N3O3S/c31-19-26-27(23-12-10-22(11-13-23)24-9-6-14-28-17-24)25-18-29(15-4-5-16-30(25)26)34(32,33)20-21-7-2-1-3-8-21/h1-3,6-14,17,25-27,31H,4-5,15-16,18-20H2/t25-,26-,27+/m1/s1. The van der Waals surface area contributed by atoms with Gasteiger partial charge in [-0.15, -0.1) is 0 Å². The van der Waals surface area contributed by atoms with Crippen LogP contribution in [0.25, 0.3) is 11.1 Å². The highest BCUT2D eigenvalue weighted by Gasteiger charge is 2.50. The van der Waals surface area contributed by atoms with Crippen LogP contribution in [0.5, 0.6) is 0 Å². The molecular formula is C27H31N3O3S. The van der Waals surface area contributed by atoms with Crippen molar-refractivity contribution in [3.05, 3.63) is 90.3 Å². The quantitative estimate of drug-likeness (QED) is 0.588. The van der Waals surface area contributed by atoms with E-state index < -0.39 is 10.0 Å². The Labute approximate surface area is 201 Å². The monoisotopic (exact) mass is 477 g/mol. The average molecular weight is 478 g/mol. The van der Waals surface area contributed by atoms with Crippen molar-refractivity contribution in [2.24, 2.45) is 0 Å². The van der Waals surface area contributed by atoms with E-state index in [1.54, 1.807) is 10.5 Å². The van der Waals surface area contributed by atoms with Crippen molar-refractivity contribution in [1.29, 1.82) is 0 Å². The van der Waals surface area contributed by atoms with Gasteiger partial charge in [-0.1, -0.05) is 60.7 Å². The van der Waals surface area contributed by atoms with Gasteiger partial charge < -0.3 is 5.11 Å². The van der Waals surface area contributed by atoms with Crippen molar-refractivity contribution in [3.8, 4) is 11.1 Å². The lowest BCUT2D eigenvalue weighted by molar-refractivity contribution is -0.0554. The van der Waals surface area contributed by atoms with Crippen LogP contribution in [0.3, 0.4) is 0 Å². The minimum Gasteiger partial charge on any atom is -0.395 e. The molecule has 5 rings (SSSR count). The molecule has 0 radical (unpaired) electrons. The Balaban J connectivity index is 1.38. The van der Waals surface area contributed by atoms with Crippen LogP contribution in [-0.2, 0) is 15.8 Å². The second-order valence-electron chi connectivity index (χ2n) is 9.25. The highest BCUT2D eigenvalue weighted by atomic mass is 32.2. The minimum atomic E-state index is -3.43. The molecule has 3 aromatic rings. The van der Waals surface area contributed by atoms with Gasteiger partial charge in [-0.2, -0.15) is 0 Å². The number of hydrogen-bond donors (Lipinski definition) is 1. The summed E-state index contributed by atoms with van der Waals surface area (Å²) < 4.78 is 28.4. The van der Waals surface area contributed by atoms with Gasteiger partial charge in [0.1, 0.15) is 0 Å². The van der Waals surface area contributed by atoms with E-state index >= 15 is 0 Å². The molecule has 3 heterocycles. The molecule has 7 heteroatoms. The third kappa shape index (κ3) is 4.66. The van der Waals surface area contributed by atoms with E-state index in [1.807, 2.05) is 48.7 Å². The Kier molecular flexibility index (Phi) is 6.79. The topological polar surface area (TPSA) is 73.7 Å². The third-order valence-electron chi connectivity index (χ3n) is 7.21. The third-order valence-corrected chi connectivity index (χ3v) is 9.02. The van der Waals surface area contributed by atoms with Crippen molar-refractivity contribution in [2.45, 2.75) is 36.6 Å². The number of pyridine rings is 1. The molecule has 2 aliphatic rings. The van der Waals surface area contributed by atoms with Crippen molar-refractivity contribution in [2.75, 3.05) is 26.2 Å². The molecule has 0 bridgehead atoms. The summed E-state index contributed by atoms with van der Waals surface area (Å²) in [6.07, 6.45) is 5.37. The van der Waals surface area contributed by atoms with Crippen molar-refractivity contribution < 1.29 is 13.5 Å². The molecule has 34 heavy (non-hydrogen) atoms. The van der Waals surface area contributed by atoms with Crippen LogP contribution in [0.4, 0.5) is 0 Å². The second-order valence-corrected chi connectivity index (χ2v) is 11.2. The number of aliphatic hydroxyl groups excluding tert-OH is 1. The van der Waals surface area contributed by atoms with Gasteiger partial charge in [0.25, 0.3) is 0 Å². The fraction of sp³-hybridized carbons (Fsp3) is 0.370. The van der Waals surface area contributed by atoms with Gasteiger partial charge in [-0.3, -0.25) is 9.88 Å². The van der Waals surface area contributed by atoms with Gasteiger partial charge in [0.15, 0.2) is 0 Å². The highest BCUT2D eigenvalue weighted by molar-refractivity contribution is 7.88. The van der Waals surface area contributed by atoms with Gasteiger partial charge >= 0.3 is 0 Å². The van der Waals surface area contributed by atoms with E-state index in [9.17, 15) is 13.5 Å². The normalized spacial score (nSPS) is 24.0. The number of hydrogen-bond acceptors (Lipinski definition) is 5. The molecule has 2 fully saturated rings. The summed E-state index contributed by atoms with van der Waals surface area (Å²) in [7, 11) is -3.43. The first-order valence-electron chi connectivity index (χ1n) is 12.0. The number of benzene rings is 2. The summed E-state index contributed by atoms with van der Waals surface area (Å²) in [5, 5.41) is 10.2. The number of sulfonamides is 1. The molecule has 0 saturated carbocycles. The highest BCUT2D eigenvalue weighted by Crippen LogP contribution is 2.42. The fourth-order valence-corrected chi connectivity index (χ4v) is 7.05. The molecule has 3 atom stereocenters. The number of fused-ring (bicyclic) bond motifs is 1. The molecule has 1 aromatic heterocycles. The van der Waals surface area contributed by atoms with E-state index in [-0.39, 0.29) is 30.4 Å². The molecule has 6 nitrogen and oxygen atoms in total. The second kappa shape index (κ2) is 9.96. The maximum Gasteiger partial charge on any atom is 0.218 e. The Hall–Kier alpha value is -2.58. The first kappa shape index (κ1) is 23.2. The van der Waals surface area contributed by atoms with E-state index in [4.69, 9.17) is 0 Å². The smallest absolute Gasteiger partial charge is 0.218 e. The van der Waals surface area contributed by atoms with E-state index in [1.165, 1.54) is 0 Å². The number of aromatic nitrogens is 1. The predicted molar refractivity (Wildman–Crippen MR) is 134 cm³/mol. The van der Waals surface area contributed by atoms with Gasteiger partial charge in [-0.25, -0.2) is 12.7 Å². The molecule has 2 aliphatic heterocycles. The molecular weight excluding hydrogens is 446 g/mol. The van der Waals surface area contributed by atoms with Gasteiger partial charge in [0, 0.05) is 43.5 Å². The van der Waals surface area contributed by atoms with Crippen LogP contribution in [0, 0.1) is 0 Å². The molecule has 0 amide bonds. The molecule has 2 saturated heterocycles. The minimum absolute atomic E-state index is 0.0195. The van der Waals surface area contributed by atoms with E-state index in [0.29, 0.717) is 13.1 Å². The summed E-state index contributed by atoms with van der Waals surface area (Å²) in [5.74, 6) is 0.120. The van der Waals surface area contributed by atoms with Crippen LogP contribution in [0.1, 0.15) is 29.9 Å². The SMILES string of the molecule is O=S(=O)(Cc1ccccc1)N1CCCCN2[C@H](CO)[C@@H](c3ccc(-c4cccnc4)cc3)[C@H]2C1. The van der Waals surface area contributed by atoms with Crippen molar-refractivity contribution in [3.63, 3.8) is 0 Å². The average Bonchev–Trinajstić information content (AvgIpc) is 2.84. The fourth-order valence-electron chi connectivity index (χ4n) is 5.47. The summed E-state index contributed by atoms with van der Waals surface area (Å²) >= 11 is 0. The van der Waals surface area contributed by atoms with Crippen LogP contribution in [0.2, 0.25) is 0 Å². The molecule has 0 aliphatic carbocycles. The Morgan fingerprint density at radius 3 is 2.38 bits per heavy atom. The van der Waals surface area contributed by atoms with Crippen LogP contribution < -0.4 is 0 Å². The first-order valence-corrected chi connectivity index (χ1v) is 13.6. The van der Waals surface area contributed by atoms with Gasteiger partial charge in [-0.05, 0) is 47.7 Å². The molecule has 178 valence electrons. The molecule has 2 aromatic carbocycles. The summed E-state index contributed by atoms with van der Waals surface area (Å²) in [4.78, 5) is 6.51. The van der Waals surface area contributed by atoms with Gasteiger partial charge in [0.05, 0.1) is 12.4 Å². The Morgan fingerprint density at radius 1 is 0.912 bits per heavy atom. The molecule has 0 spiro atoms. The van der Waals surface area contributed by atoms with E-state index in [2.05, 4.69) is 34.1 Å². The van der Waals surface area contributed by atoms with Crippen molar-refractivity contribution in [1.82, 2.24) is 14.2 Å². The maximum atomic E-state index is 13.3. The number of aliphatic hydroxyl groups is 1. The molecule has 0 unspecified atom stereocenters. The zero-order valence-corrected chi connectivity index (χ0v) is 20.0. The van der Waals surface area contributed by atoms with Crippen LogP contribution >= 0.6 is 0 Å². The van der Waals surface area contributed by atoms with E-state index in [0.717, 1.165) is 41.6 Å². The zero-order chi connectivity index (χ0) is 23.5. The lowest BCUT2D eigenvalue weighted by Gasteiger charge is -2.57. The maximum absolute atomic E-state index is 13.3. The lowest BCUT2D eigenvalue weighted by Crippen LogP contribution is -2.67. The number of nitrogens with zero attached hydrogens (tertiary/aromatic N) is 3. The lowest BCUT2D eigenvalue weighted by atomic mass is 9.74. The summed E-state index contributed by atoms with van der Waals surface area (Å²) in [5.41, 5.74) is 4.12. The molecule has 1 N–H and O–H groups in total. The predicted octanol–water partition coefficient (Wildman–Crippen LogP) is 3.50. The zero-order valence-electron chi connectivity index (χ0n) is 19.2. The largest absolute Gasteiger partial charge is 0.395 e. The summed E-state index contributed by atoms with van der Waals surface area (Å²) in [6.45, 7) is 1.98. The Morgan fingerprint density at radius 2 is 1.68 bits per heavy atom. The summed E-state index contributed by atoms with van der Waals surface area (Å²) in [6, 6.07) is 21.9. The Bertz CT molecular complexity index is 1190. The van der Waals surface area contributed by atoms with Gasteiger partial charge in [0.2, 0.25) is 10.0 Å². The van der Waals surface area contributed by atoms with Crippen LogP contribution in [-0.4, -0.2) is 66.0 Å². The number of rotatable bonds is 6. The van der Waals surface area contributed by atoms with Crippen LogP contribution in [0.15, 0.2) is 79.1 Å².